The Hall–Kier alpha value is -0.490. The van der Waals surface area contributed by atoms with Gasteiger partial charge < -0.3 is 11.1 Å². The Labute approximate surface area is 121 Å². The highest BCUT2D eigenvalue weighted by atomic mass is 127. The zero-order chi connectivity index (χ0) is 13.1. The quantitative estimate of drug-likeness (QED) is 0.480. The van der Waals surface area contributed by atoms with Crippen molar-refractivity contribution in [1.82, 2.24) is 5.32 Å². The van der Waals surface area contributed by atoms with Gasteiger partial charge in [0.25, 0.3) is 0 Å². The lowest BCUT2D eigenvalue weighted by atomic mass is 10.1. The number of guanidine groups is 1. The standard InChI is InChI=1S/C12H17ClIN3/c1-12(2,3)17-11(15)16-7-8-4-5-9(13)6-10(8)14/h4-6H,7H2,1-3H3,(H3,15,16,17). The zero-order valence-corrected chi connectivity index (χ0v) is 13.1. The van der Waals surface area contributed by atoms with Gasteiger partial charge in [0, 0.05) is 14.1 Å². The maximum atomic E-state index is 5.89. The Bertz CT molecular complexity index is 424. The van der Waals surface area contributed by atoms with Gasteiger partial charge in [0.1, 0.15) is 0 Å². The average molecular weight is 366 g/mol. The van der Waals surface area contributed by atoms with E-state index in [1.54, 1.807) is 0 Å². The van der Waals surface area contributed by atoms with E-state index in [0.29, 0.717) is 12.5 Å². The molecule has 0 saturated heterocycles. The second-order valence-corrected chi connectivity index (χ2v) is 6.41. The van der Waals surface area contributed by atoms with Gasteiger partial charge >= 0.3 is 0 Å². The fraction of sp³-hybridized carbons (Fsp3) is 0.417. The van der Waals surface area contributed by atoms with Gasteiger partial charge in [-0.2, -0.15) is 0 Å². The highest BCUT2D eigenvalue weighted by Crippen LogP contribution is 2.18. The summed E-state index contributed by atoms with van der Waals surface area (Å²) in [6, 6.07) is 5.75. The molecule has 0 amide bonds. The van der Waals surface area contributed by atoms with Gasteiger partial charge in [-0.3, -0.25) is 0 Å². The van der Waals surface area contributed by atoms with Crippen molar-refractivity contribution in [3.8, 4) is 0 Å². The number of aliphatic imine (C=N–C) groups is 1. The number of rotatable bonds is 2. The van der Waals surface area contributed by atoms with E-state index in [0.717, 1.165) is 14.2 Å². The molecule has 0 aromatic heterocycles. The van der Waals surface area contributed by atoms with Crippen molar-refractivity contribution in [2.75, 3.05) is 0 Å². The second kappa shape index (κ2) is 5.91. The number of hydrogen-bond donors (Lipinski definition) is 2. The normalized spacial score (nSPS) is 12.6. The van der Waals surface area contributed by atoms with Gasteiger partial charge in [-0.25, -0.2) is 4.99 Å². The molecule has 1 aromatic carbocycles. The summed E-state index contributed by atoms with van der Waals surface area (Å²) in [7, 11) is 0. The number of benzene rings is 1. The lowest BCUT2D eigenvalue weighted by molar-refractivity contribution is 0.508. The van der Waals surface area contributed by atoms with Crippen LogP contribution in [0.4, 0.5) is 0 Å². The third-order valence-electron chi connectivity index (χ3n) is 1.94. The number of nitrogens with zero attached hydrogens (tertiary/aromatic N) is 1. The van der Waals surface area contributed by atoms with Crippen LogP contribution in [0.3, 0.4) is 0 Å². The number of hydrogen-bond acceptors (Lipinski definition) is 1. The van der Waals surface area contributed by atoms with Gasteiger partial charge in [-0.05, 0) is 61.1 Å². The van der Waals surface area contributed by atoms with E-state index in [1.807, 2.05) is 39.0 Å². The summed E-state index contributed by atoms with van der Waals surface area (Å²) < 4.78 is 1.10. The van der Waals surface area contributed by atoms with E-state index in [-0.39, 0.29) is 5.54 Å². The lowest BCUT2D eigenvalue weighted by Gasteiger charge is -2.21. The SMILES string of the molecule is CC(C)(C)NC(N)=NCc1ccc(Cl)cc1I. The maximum Gasteiger partial charge on any atom is 0.189 e. The predicted octanol–water partition coefficient (Wildman–Crippen LogP) is 3.15. The first-order chi connectivity index (χ1) is 7.78. The molecule has 0 atom stereocenters. The van der Waals surface area contributed by atoms with E-state index in [2.05, 4.69) is 32.9 Å². The van der Waals surface area contributed by atoms with Crippen LogP contribution in [0.15, 0.2) is 23.2 Å². The first kappa shape index (κ1) is 14.6. The fourth-order valence-electron chi connectivity index (χ4n) is 1.24. The Morgan fingerprint density at radius 1 is 1.47 bits per heavy atom. The molecule has 0 radical (unpaired) electrons. The summed E-state index contributed by atoms with van der Waals surface area (Å²) in [4.78, 5) is 4.31. The molecule has 1 aromatic rings. The molecule has 5 heteroatoms. The molecule has 3 N–H and O–H groups in total. The van der Waals surface area contributed by atoms with E-state index >= 15 is 0 Å². The number of nitrogens with two attached hydrogens (primary N) is 1. The molecule has 0 unspecified atom stereocenters. The van der Waals surface area contributed by atoms with Gasteiger partial charge in [0.05, 0.1) is 6.54 Å². The van der Waals surface area contributed by atoms with Crippen molar-refractivity contribution >= 4 is 40.2 Å². The summed E-state index contributed by atoms with van der Waals surface area (Å²) in [5.41, 5.74) is 6.85. The molecule has 94 valence electrons. The molecule has 0 aliphatic rings. The van der Waals surface area contributed by atoms with Crippen LogP contribution < -0.4 is 11.1 Å². The highest BCUT2D eigenvalue weighted by Gasteiger charge is 2.09. The smallest absolute Gasteiger partial charge is 0.189 e. The minimum atomic E-state index is -0.0687. The second-order valence-electron chi connectivity index (χ2n) is 4.81. The van der Waals surface area contributed by atoms with Crippen LogP contribution in [0.25, 0.3) is 0 Å². The monoisotopic (exact) mass is 365 g/mol. The van der Waals surface area contributed by atoms with Crippen LogP contribution in [0.2, 0.25) is 5.02 Å². The van der Waals surface area contributed by atoms with E-state index in [1.165, 1.54) is 0 Å². The van der Waals surface area contributed by atoms with E-state index in [4.69, 9.17) is 17.3 Å². The van der Waals surface area contributed by atoms with Crippen LogP contribution in [0.1, 0.15) is 26.3 Å². The summed E-state index contributed by atoms with van der Waals surface area (Å²) in [6.07, 6.45) is 0. The topological polar surface area (TPSA) is 50.4 Å². The first-order valence-corrected chi connectivity index (χ1v) is 6.75. The van der Waals surface area contributed by atoms with Crippen molar-refractivity contribution < 1.29 is 0 Å². The summed E-state index contributed by atoms with van der Waals surface area (Å²) >= 11 is 8.14. The molecule has 3 nitrogen and oxygen atoms in total. The van der Waals surface area contributed by atoms with Gasteiger partial charge in [0.2, 0.25) is 0 Å². The summed E-state index contributed by atoms with van der Waals surface area (Å²) in [6.45, 7) is 6.69. The third kappa shape index (κ3) is 5.59. The van der Waals surface area contributed by atoms with Crippen molar-refractivity contribution in [2.24, 2.45) is 10.7 Å². The maximum absolute atomic E-state index is 5.89. The number of nitrogens with one attached hydrogen (secondary N) is 1. The molecule has 0 aliphatic carbocycles. The molecule has 17 heavy (non-hydrogen) atoms. The van der Waals surface area contributed by atoms with Crippen molar-refractivity contribution in [3.63, 3.8) is 0 Å². The molecule has 0 fully saturated rings. The Morgan fingerprint density at radius 3 is 2.65 bits per heavy atom. The summed E-state index contributed by atoms with van der Waals surface area (Å²) in [5.74, 6) is 0.461. The molecular formula is C12H17ClIN3. The van der Waals surface area contributed by atoms with Crippen LogP contribution in [0.5, 0.6) is 0 Å². The van der Waals surface area contributed by atoms with E-state index in [9.17, 15) is 0 Å². The fourth-order valence-corrected chi connectivity index (χ4v) is 2.29. The largest absolute Gasteiger partial charge is 0.370 e. The average Bonchev–Trinajstić information content (AvgIpc) is 2.13. The van der Waals surface area contributed by atoms with Gasteiger partial charge in [-0.15, -0.1) is 0 Å². The van der Waals surface area contributed by atoms with Crippen molar-refractivity contribution in [2.45, 2.75) is 32.9 Å². The molecule has 0 spiro atoms. The third-order valence-corrected chi connectivity index (χ3v) is 3.18. The minimum Gasteiger partial charge on any atom is -0.370 e. The van der Waals surface area contributed by atoms with Crippen LogP contribution in [0, 0.1) is 3.57 Å². The molecular weight excluding hydrogens is 349 g/mol. The van der Waals surface area contributed by atoms with Crippen molar-refractivity contribution in [3.05, 3.63) is 32.4 Å². The zero-order valence-electron chi connectivity index (χ0n) is 10.2. The molecule has 1 rings (SSSR count). The lowest BCUT2D eigenvalue weighted by Crippen LogP contribution is -2.44. The number of halogens is 2. The van der Waals surface area contributed by atoms with Gasteiger partial charge in [-0.1, -0.05) is 17.7 Å². The van der Waals surface area contributed by atoms with Crippen LogP contribution in [-0.2, 0) is 6.54 Å². The predicted molar refractivity (Wildman–Crippen MR) is 82.4 cm³/mol. The molecule has 0 bridgehead atoms. The highest BCUT2D eigenvalue weighted by molar-refractivity contribution is 14.1. The Balaban J connectivity index is 2.69. The molecule has 0 heterocycles. The minimum absolute atomic E-state index is 0.0687. The Kier molecular flexibility index (Phi) is 5.06. The van der Waals surface area contributed by atoms with Crippen molar-refractivity contribution in [1.29, 1.82) is 0 Å². The molecule has 0 aliphatic heterocycles. The first-order valence-electron chi connectivity index (χ1n) is 5.30. The van der Waals surface area contributed by atoms with Crippen LogP contribution >= 0.6 is 34.2 Å². The van der Waals surface area contributed by atoms with E-state index < -0.39 is 0 Å². The Morgan fingerprint density at radius 2 is 2.12 bits per heavy atom. The van der Waals surface area contributed by atoms with Gasteiger partial charge in [0.15, 0.2) is 5.96 Å². The van der Waals surface area contributed by atoms with Crippen LogP contribution in [-0.4, -0.2) is 11.5 Å². The summed E-state index contributed by atoms with van der Waals surface area (Å²) in [5, 5.41) is 3.86. The molecule has 0 saturated carbocycles.